The number of thiophene rings is 1. The smallest absolute Gasteiger partial charge is 0.252 e. The molecule has 6 nitrogen and oxygen atoms in total. The van der Waals surface area contributed by atoms with Crippen molar-refractivity contribution in [2.75, 3.05) is 20.3 Å². The lowest BCUT2D eigenvalue weighted by Gasteiger charge is -2.21. The lowest BCUT2D eigenvalue weighted by molar-refractivity contribution is 0.177. The van der Waals surface area contributed by atoms with Crippen LogP contribution < -0.4 is 0 Å². The molecule has 0 saturated heterocycles. The van der Waals surface area contributed by atoms with Crippen LogP contribution in [0.2, 0.25) is 0 Å². The van der Waals surface area contributed by atoms with E-state index in [9.17, 15) is 8.42 Å². The summed E-state index contributed by atoms with van der Waals surface area (Å²) in [6, 6.07) is 9.26. The highest BCUT2D eigenvalue weighted by Gasteiger charge is 2.27. The van der Waals surface area contributed by atoms with Crippen molar-refractivity contribution in [1.29, 1.82) is 0 Å². The molecule has 3 aromatic rings. The summed E-state index contributed by atoms with van der Waals surface area (Å²) in [5, 5.41) is 5.63. The standard InChI is InChI=1S/C19H21BrN2O4S2/c1-13-4-5-15(9-17(13)20)11-22(6-7-25-3)28(23,24)19-10-16(12-27-19)18-8-14(2)21-26-18/h4-5,8-10,12H,6-7,11H2,1-3H3. The molecular formula is C19H21BrN2O4S2. The van der Waals surface area contributed by atoms with Gasteiger partial charge in [-0.3, -0.25) is 0 Å². The summed E-state index contributed by atoms with van der Waals surface area (Å²) >= 11 is 4.68. The number of hydrogen-bond acceptors (Lipinski definition) is 6. The number of methoxy groups -OCH3 is 1. The Morgan fingerprint density at radius 2 is 2.04 bits per heavy atom. The zero-order valence-electron chi connectivity index (χ0n) is 15.8. The second kappa shape index (κ2) is 8.87. The van der Waals surface area contributed by atoms with Crippen LogP contribution in [0.15, 0.2) is 48.9 Å². The lowest BCUT2D eigenvalue weighted by Crippen LogP contribution is -2.33. The summed E-state index contributed by atoms with van der Waals surface area (Å²) in [4.78, 5) is 0. The van der Waals surface area contributed by atoms with Gasteiger partial charge in [-0.05, 0) is 37.1 Å². The van der Waals surface area contributed by atoms with E-state index in [1.807, 2.05) is 32.0 Å². The number of ether oxygens (including phenoxy) is 1. The summed E-state index contributed by atoms with van der Waals surface area (Å²) in [6.45, 7) is 4.65. The molecular weight excluding hydrogens is 464 g/mol. The minimum atomic E-state index is -3.68. The average molecular weight is 485 g/mol. The van der Waals surface area contributed by atoms with Crippen LogP contribution in [0.1, 0.15) is 16.8 Å². The topological polar surface area (TPSA) is 72.6 Å². The van der Waals surface area contributed by atoms with E-state index < -0.39 is 10.0 Å². The van der Waals surface area contributed by atoms with Crippen molar-refractivity contribution in [3.05, 3.63) is 57.0 Å². The Labute approximate surface area is 177 Å². The third-order valence-electron chi connectivity index (χ3n) is 4.22. The molecule has 0 radical (unpaired) electrons. The molecule has 0 aliphatic carbocycles. The van der Waals surface area contributed by atoms with Gasteiger partial charge in [0.25, 0.3) is 10.0 Å². The van der Waals surface area contributed by atoms with Crippen molar-refractivity contribution in [3.8, 4) is 11.3 Å². The highest BCUT2D eigenvalue weighted by atomic mass is 79.9. The SMILES string of the molecule is COCCN(Cc1ccc(C)c(Br)c1)S(=O)(=O)c1cc(-c2cc(C)no2)cs1. The molecule has 0 spiro atoms. The largest absolute Gasteiger partial charge is 0.383 e. The van der Waals surface area contributed by atoms with Gasteiger partial charge in [-0.1, -0.05) is 33.2 Å². The van der Waals surface area contributed by atoms with Crippen LogP contribution in [0.5, 0.6) is 0 Å². The van der Waals surface area contributed by atoms with Crippen LogP contribution in [-0.2, 0) is 21.3 Å². The van der Waals surface area contributed by atoms with Crippen molar-refractivity contribution in [2.24, 2.45) is 0 Å². The van der Waals surface area contributed by atoms with Gasteiger partial charge in [-0.2, -0.15) is 4.31 Å². The number of hydrogen-bond donors (Lipinski definition) is 0. The van der Waals surface area contributed by atoms with E-state index in [1.165, 1.54) is 15.6 Å². The molecule has 0 saturated carbocycles. The van der Waals surface area contributed by atoms with Gasteiger partial charge >= 0.3 is 0 Å². The number of halogens is 1. The predicted molar refractivity (Wildman–Crippen MR) is 113 cm³/mol. The molecule has 0 aliphatic rings. The van der Waals surface area contributed by atoms with Crippen molar-refractivity contribution in [3.63, 3.8) is 0 Å². The predicted octanol–water partition coefficient (Wildman–Crippen LogP) is 4.62. The molecule has 0 unspecified atom stereocenters. The molecule has 2 aromatic heterocycles. The highest BCUT2D eigenvalue weighted by molar-refractivity contribution is 9.10. The second-order valence-electron chi connectivity index (χ2n) is 6.40. The zero-order chi connectivity index (χ0) is 20.3. The van der Waals surface area contributed by atoms with Crippen LogP contribution in [-0.4, -0.2) is 38.1 Å². The maximum atomic E-state index is 13.3. The van der Waals surface area contributed by atoms with Gasteiger partial charge in [-0.25, -0.2) is 8.42 Å². The second-order valence-corrected chi connectivity index (χ2v) is 10.3. The summed E-state index contributed by atoms with van der Waals surface area (Å²) in [7, 11) is -2.12. The van der Waals surface area contributed by atoms with Gasteiger partial charge in [0.15, 0.2) is 5.76 Å². The summed E-state index contributed by atoms with van der Waals surface area (Å²) in [6.07, 6.45) is 0. The molecule has 9 heteroatoms. The molecule has 0 amide bonds. The minimum absolute atomic E-state index is 0.263. The van der Waals surface area contributed by atoms with Crippen molar-refractivity contribution in [1.82, 2.24) is 9.46 Å². The van der Waals surface area contributed by atoms with E-state index >= 15 is 0 Å². The Morgan fingerprint density at radius 1 is 1.25 bits per heavy atom. The summed E-state index contributed by atoms with van der Waals surface area (Å²) in [5.74, 6) is 0.557. The van der Waals surface area contributed by atoms with Crippen LogP contribution in [0.25, 0.3) is 11.3 Å². The van der Waals surface area contributed by atoms with Gasteiger partial charge in [0, 0.05) is 41.7 Å². The molecule has 0 fully saturated rings. The number of sulfonamides is 1. The van der Waals surface area contributed by atoms with E-state index in [0.717, 1.165) is 21.3 Å². The molecule has 150 valence electrons. The third-order valence-corrected chi connectivity index (χ3v) is 8.34. The first-order valence-corrected chi connectivity index (χ1v) is 11.7. The van der Waals surface area contributed by atoms with Gasteiger partial charge in [0.05, 0.1) is 12.3 Å². The molecule has 28 heavy (non-hydrogen) atoms. The highest BCUT2D eigenvalue weighted by Crippen LogP contribution is 2.31. The Balaban J connectivity index is 1.89. The maximum absolute atomic E-state index is 13.3. The number of benzene rings is 1. The fraction of sp³-hybridized carbons (Fsp3) is 0.316. The van der Waals surface area contributed by atoms with Crippen LogP contribution in [0, 0.1) is 13.8 Å². The van der Waals surface area contributed by atoms with E-state index in [2.05, 4.69) is 21.1 Å². The van der Waals surface area contributed by atoms with Gasteiger partial charge in [0.2, 0.25) is 0 Å². The number of nitrogens with zero attached hydrogens (tertiary/aromatic N) is 2. The Morgan fingerprint density at radius 3 is 2.68 bits per heavy atom. The van der Waals surface area contributed by atoms with Gasteiger partial charge in [0.1, 0.15) is 4.21 Å². The lowest BCUT2D eigenvalue weighted by atomic mass is 10.1. The molecule has 0 bridgehead atoms. The molecule has 0 N–H and O–H groups in total. The van der Waals surface area contributed by atoms with Crippen LogP contribution in [0.4, 0.5) is 0 Å². The minimum Gasteiger partial charge on any atom is -0.383 e. The first-order valence-electron chi connectivity index (χ1n) is 8.57. The summed E-state index contributed by atoms with van der Waals surface area (Å²) in [5.41, 5.74) is 3.45. The Kier molecular flexibility index (Phi) is 6.72. The number of rotatable bonds is 8. The average Bonchev–Trinajstić information content (AvgIpc) is 3.30. The van der Waals surface area contributed by atoms with Gasteiger partial charge in [-0.15, -0.1) is 11.3 Å². The first kappa shape index (κ1) is 21.2. The summed E-state index contributed by atoms with van der Waals surface area (Å²) < 4.78 is 39.6. The molecule has 1 aromatic carbocycles. The molecule has 2 heterocycles. The molecule has 0 atom stereocenters. The van der Waals surface area contributed by atoms with Crippen molar-refractivity contribution < 1.29 is 17.7 Å². The van der Waals surface area contributed by atoms with E-state index in [-0.39, 0.29) is 17.3 Å². The third kappa shape index (κ3) is 4.72. The molecule has 0 aliphatic heterocycles. The Bertz CT molecular complexity index is 1060. The number of aromatic nitrogens is 1. The van der Waals surface area contributed by atoms with Crippen LogP contribution in [0.3, 0.4) is 0 Å². The van der Waals surface area contributed by atoms with Crippen LogP contribution >= 0.6 is 27.3 Å². The quantitative estimate of drug-likeness (QED) is 0.466. The van der Waals surface area contributed by atoms with Crippen molar-refractivity contribution in [2.45, 2.75) is 24.6 Å². The van der Waals surface area contributed by atoms with Crippen molar-refractivity contribution >= 4 is 37.3 Å². The maximum Gasteiger partial charge on any atom is 0.252 e. The van der Waals surface area contributed by atoms with E-state index in [4.69, 9.17) is 9.26 Å². The van der Waals surface area contributed by atoms with E-state index in [1.54, 1.807) is 24.6 Å². The molecule has 3 rings (SSSR count). The Hall–Kier alpha value is -1.52. The normalized spacial score (nSPS) is 12.0. The van der Waals surface area contributed by atoms with E-state index in [0.29, 0.717) is 17.9 Å². The first-order chi connectivity index (χ1) is 13.3. The fourth-order valence-corrected chi connectivity index (χ4v) is 5.78. The van der Waals surface area contributed by atoms with Gasteiger partial charge < -0.3 is 9.26 Å². The number of aryl methyl sites for hydroxylation is 2. The fourth-order valence-electron chi connectivity index (χ4n) is 2.62. The monoisotopic (exact) mass is 484 g/mol. The zero-order valence-corrected chi connectivity index (χ0v) is 19.0.